The summed E-state index contributed by atoms with van der Waals surface area (Å²) < 4.78 is 0. The zero-order valence-electron chi connectivity index (χ0n) is 19.3. The molecular weight excluding hydrogens is 396 g/mol. The van der Waals surface area contributed by atoms with Gasteiger partial charge in [-0.1, -0.05) is 24.3 Å². The average molecular weight is 431 g/mol. The van der Waals surface area contributed by atoms with Crippen molar-refractivity contribution in [2.24, 2.45) is 0 Å². The minimum absolute atomic E-state index is 0.786. The van der Waals surface area contributed by atoms with E-state index in [1.54, 1.807) is 0 Å². The fourth-order valence-corrected chi connectivity index (χ4v) is 4.82. The number of anilines is 2. The topological polar surface area (TPSA) is 51.9 Å². The first-order valence-electron chi connectivity index (χ1n) is 11.7. The molecule has 2 aliphatic heterocycles. The van der Waals surface area contributed by atoms with Crippen LogP contribution in [0.1, 0.15) is 5.56 Å². The van der Waals surface area contributed by atoms with Gasteiger partial charge in [0, 0.05) is 81.2 Å². The number of pyridine rings is 1. The zero-order chi connectivity index (χ0) is 22.1. The second-order valence-electron chi connectivity index (χ2n) is 9.33. The number of benzene rings is 2. The summed E-state index contributed by atoms with van der Waals surface area (Å²) in [6.45, 7) is 9.84. The van der Waals surface area contributed by atoms with Crippen LogP contribution in [0.4, 0.5) is 11.4 Å². The number of hydrogen-bond donors (Lipinski definition) is 1. The van der Waals surface area contributed by atoms with Gasteiger partial charge in [0.1, 0.15) is 0 Å². The first-order chi connectivity index (χ1) is 15.6. The Morgan fingerprint density at radius 2 is 1.50 bits per heavy atom. The maximum atomic E-state index is 6.39. The van der Waals surface area contributed by atoms with E-state index in [2.05, 4.69) is 51.9 Å². The summed E-state index contributed by atoms with van der Waals surface area (Å²) >= 11 is 0. The summed E-state index contributed by atoms with van der Waals surface area (Å²) in [6, 6.07) is 17.0. The highest BCUT2D eigenvalue weighted by Crippen LogP contribution is 2.31. The Kier molecular flexibility index (Phi) is 6.00. The summed E-state index contributed by atoms with van der Waals surface area (Å²) in [6.07, 6.45) is 0. The second kappa shape index (κ2) is 9.06. The van der Waals surface area contributed by atoms with E-state index in [1.165, 1.54) is 11.3 Å². The summed E-state index contributed by atoms with van der Waals surface area (Å²) in [4.78, 5) is 14.9. The molecule has 0 radical (unpaired) electrons. The largest absolute Gasteiger partial charge is 0.398 e. The molecule has 0 aliphatic carbocycles. The first kappa shape index (κ1) is 21.2. The fraction of sp³-hybridized carbons (Fsp3) is 0.423. The van der Waals surface area contributed by atoms with Crippen LogP contribution in [0.15, 0.2) is 48.5 Å². The molecule has 2 N–H and O–H groups in total. The molecule has 0 amide bonds. The molecule has 2 aliphatic rings. The number of fused-ring (bicyclic) bond motifs is 1. The third-order valence-electron chi connectivity index (χ3n) is 6.96. The van der Waals surface area contributed by atoms with Gasteiger partial charge >= 0.3 is 0 Å². The van der Waals surface area contributed by atoms with Crippen molar-refractivity contribution >= 4 is 22.3 Å². The molecule has 0 unspecified atom stereocenters. The lowest BCUT2D eigenvalue weighted by molar-refractivity contribution is 0.148. The highest BCUT2D eigenvalue weighted by molar-refractivity contribution is 5.92. The van der Waals surface area contributed by atoms with Crippen molar-refractivity contribution in [3.05, 3.63) is 54.1 Å². The number of likely N-dealkylation sites (N-methyl/N-ethyl adjacent to an activating group) is 2. The molecule has 6 nitrogen and oxygen atoms in total. The molecule has 3 heterocycles. The number of aromatic nitrogens is 1. The lowest BCUT2D eigenvalue weighted by Gasteiger charge is -2.37. The predicted octanol–water partition coefficient (Wildman–Crippen LogP) is 2.98. The molecule has 0 saturated carbocycles. The smallest absolute Gasteiger partial charge is 0.0730 e. The Morgan fingerprint density at radius 3 is 2.25 bits per heavy atom. The van der Waals surface area contributed by atoms with Crippen molar-refractivity contribution in [1.82, 2.24) is 19.7 Å². The average Bonchev–Trinajstić information content (AvgIpc) is 2.81. The molecule has 2 fully saturated rings. The van der Waals surface area contributed by atoms with E-state index in [1.807, 2.05) is 30.3 Å². The number of rotatable bonds is 4. The molecule has 6 heteroatoms. The maximum absolute atomic E-state index is 6.39. The van der Waals surface area contributed by atoms with E-state index in [4.69, 9.17) is 10.7 Å². The molecule has 2 saturated heterocycles. The van der Waals surface area contributed by atoms with Crippen LogP contribution < -0.4 is 10.6 Å². The number of nitrogen functional groups attached to an aromatic ring is 1. The van der Waals surface area contributed by atoms with Crippen LogP contribution in [0, 0.1) is 0 Å². The Bertz CT molecular complexity index is 1080. The van der Waals surface area contributed by atoms with Gasteiger partial charge < -0.3 is 20.4 Å². The van der Waals surface area contributed by atoms with Gasteiger partial charge in [-0.2, -0.15) is 0 Å². The minimum Gasteiger partial charge on any atom is -0.398 e. The molecule has 168 valence electrons. The van der Waals surface area contributed by atoms with E-state index in [0.29, 0.717) is 0 Å². The van der Waals surface area contributed by atoms with E-state index < -0.39 is 0 Å². The summed E-state index contributed by atoms with van der Waals surface area (Å²) in [5.41, 5.74) is 13.0. The van der Waals surface area contributed by atoms with Crippen LogP contribution in [-0.2, 0) is 6.54 Å². The second-order valence-corrected chi connectivity index (χ2v) is 9.33. The highest BCUT2D eigenvalue weighted by atomic mass is 15.3. The van der Waals surface area contributed by atoms with Gasteiger partial charge in [-0.3, -0.25) is 4.90 Å². The number of nitrogens with zero attached hydrogens (tertiary/aromatic N) is 5. The van der Waals surface area contributed by atoms with Crippen molar-refractivity contribution < 1.29 is 0 Å². The molecule has 0 bridgehead atoms. The van der Waals surface area contributed by atoms with Gasteiger partial charge in [0.15, 0.2) is 0 Å². The van der Waals surface area contributed by atoms with Crippen LogP contribution in [-0.4, -0.2) is 86.1 Å². The van der Waals surface area contributed by atoms with Gasteiger partial charge in [-0.15, -0.1) is 0 Å². The van der Waals surface area contributed by atoms with E-state index in [-0.39, 0.29) is 0 Å². The van der Waals surface area contributed by atoms with Gasteiger partial charge in [0.2, 0.25) is 0 Å². The van der Waals surface area contributed by atoms with Gasteiger partial charge in [-0.25, -0.2) is 4.98 Å². The monoisotopic (exact) mass is 430 g/mol. The van der Waals surface area contributed by atoms with E-state index in [0.717, 1.165) is 86.8 Å². The summed E-state index contributed by atoms with van der Waals surface area (Å²) in [5, 5.41) is 1.02. The molecule has 0 spiro atoms. The van der Waals surface area contributed by atoms with Crippen LogP contribution >= 0.6 is 0 Å². The van der Waals surface area contributed by atoms with Crippen molar-refractivity contribution in [2.75, 3.05) is 77.1 Å². The molecule has 2 aromatic carbocycles. The first-order valence-corrected chi connectivity index (χ1v) is 11.7. The Morgan fingerprint density at radius 1 is 0.812 bits per heavy atom. The number of nitrogens with two attached hydrogens (primary N) is 1. The third-order valence-corrected chi connectivity index (χ3v) is 6.96. The normalized spacial score (nSPS) is 19.0. The molecular formula is C26H34N6. The quantitative estimate of drug-likeness (QED) is 0.687. The SMILES string of the molecule is CN1CCN(Cc2cc(-c3cc(N)c4ccccc4n3)ccc2N2CCN(C)CC2)CC1. The van der Waals surface area contributed by atoms with Gasteiger partial charge in [0.25, 0.3) is 0 Å². The summed E-state index contributed by atoms with van der Waals surface area (Å²) in [5.74, 6) is 0. The van der Waals surface area contributed by atoms with Crippen molar-refractivity contribution in [2.45, 2.75) is 6.54 Å². The zero-order valence-corrected chi connectivity index (χ0v) is 19.3. The Labute approximate surface area is 191 Å². The molecule has 32 heavy (non-hydrogen) atoms. The Balaban J connectivity index is 1.50. The Hall–Kier alpha value is -2.67. The van der Waals surface area contributed by atoms with E-state index in [9.17, 15) is 0 Å². The minimum atomic E-state index is 0.786. The van der Waals surface area contributed by atoms with E-state index >= 15 is 0 Å². The summed E-state index contributed by atoms with van der Waals surface area (Å²) in [7, 11) is 4.42. The van der Waals surface area contributed by atoms with Crippen molar-refractivity contribution in [3.8, 4) is 11.3 Å². The number of piperazine rings is 2. The number of para-hydroxylation sites is 1. The highest BCUT2D eigenvalue weighted by Gasteiger charge is 2.21. The van der Waals surface area contributed by atoms with Crippen molar-refractivity contribution in [3.63, 3.8) is 0 Å². The predicted molar refractivity (Wildman–Crippen MR) is 134 cm³/mol. The molecule has 3 aromatic rings. The molecule has 1 aromatic heterocycles. The lowest BCUT2D eigenvalue weighted by Crippen LogP contribution is -2.46. The van der Waals surface area contributed by atoms with Crippen molar-refractivity contribution in [1.29, 1.82) is 0 Å². The van der Waals surface area contributed by atoms with Crippen LogP contribution in [0.25, 0.3) is 22.2 Å². The van der Waals surface area contributed by atoms with Crippen LogP contribution in [0.3, 0.4) is 0 Å². The van der Waals surface area contributed by atoms with Crippen LogP contribution in [0.5, 0.6) is 0 Å². The maximum Gasteiger partial charge on any atom is 0.0730 e. The lowest BCUT2D eigenvalue weighted by atomic mass is 10.0. The molecule has 0 atom stereocenters. The standard InChI is InChI=1S/C26H34N6/c1-29-9-13-31(14-10-29)19-21-17-20(7-8-26(21)32-15-11-30(2)12-16-32)25-18-23(27)22-5-3-4-6-24(22)28-25/h3-8,17-18H,9-16,19H2,1-2H3,(H2,27,28). The van der Waals surface area contributed by atoms with Gasteiger partial charge in [-0.05, 0) is 43.9 Å². The van der Waals surface area contributed by atoms with Gasteiger partial charge in [0.05, 0.1) is 11.2 Å². The number of hydrogen-bond acceptors (Lipinski definition) is 6. The third kappa shape index (κ3) is 4.44. The molecule has 5 rings (SSSR count). The fourth-order valence-electron chi connectivity index (χ4n) is 4.82. The van der Waals surface area contributed by atoms with Crippen LogP contribution in [0.2, 0.25) is 0 Å².